The van der Waals surface area contributed by atoms with Crippen molar-refractivity contribution < 1.29 is 0 Å². The molecule has 0 saturated carbocycles. The molecule has 8 aromatic rings. The highest BCUT2D eigenvalue weighted by molar-refractivity contribution is 5.98. The molecule has 1 heteroatoms. The van der Waals surface area contributed by atoms with Crippen molar-refractivity contribution in [1.82, 2.24) is 0 Å². The first-order chi connectivity index (χ1) is 26.8. The Morgan fingerprint density at radius 3 is 1.78 bits per heavy atom. The zero-order valence-corrected chi connectivity index (χ0v) is 30.0. The van der Waals surface area contributed by atoms with Gasteiger partial charge in [0.05, 0.1) is 5.69 Å². The first kappa shape index (κ1) is 30.9. The normalized spacial score (nSPS) is 13.1. The molecule has 0 N–H and O–H groups in total. The van der Waals surface area contributed by atoms with Gasteiger partial charge >= 0.3 is 0 Å². The molecule has 11 rings (SSSR count). The fourth-order valence-corrected chi connectivity index (χ4v) is 9.36. The van der Waals surface area contributed by atoms with Gasteiger partial charge in [-0.3, -0.25) is 0 Å². The second-order valence-corrected chi connectivity index (χ2v) is 14.8. The van der Waals surface area contributed by atoms with Crippen molar-refractivity contribution in [3.8, 4) is 44.5 Å². The van der Waals surface area contributed by atoms with E-state index in [-0.39, 0.29) is 0 Å². The molecule has 0 saturated heterocycles. The largest absolute Gasteiger partial charge is 0.310 e. The Bertz CT molecular complexity index is 2770. The highest BCUT2D eigenvalue weighted by atomic mass is 15.1. The Morgan fingerprint density at radius 1 is 0.333 bits per heavy atom. The fourth-order valence-electron chi connectivity index (χ4n) is 9.36. The standard InChI is InChI=1S/C53H37N/c1-3-13-35(14-4-1)40-31-37-16-9-22-46(49(37)34-40)47-24-10-17-39-33-50-43(21-11-25-48(50)53(39)47)36-27-29-42(30-28-36)54(41-18-5-2-6-19-41)52-26-12-23-45-44-20-8-7-15-38(44)32-51(45)52/h1-31H,32-34H2. The zero-order valence-electron chi connectivity index (χ0n) is 30.0. The Hall–Kier alpha value is -6.70. The highest BCUT2D eigenvalue weighted by Crippen LogP contribution is 2.49. The molecule has 3 aliphatic rings. The Morgan fingerprint density at radius 2 is 0.926 bits per heavy atom. The number of anilines is 3. The molecule has 254 valence electrons. The minimum atomic E-state index is 0.936. The average Bonchev–Trinajstić information content (AvgIpc) is 3.96. The molecule has 0 bridgehead atoms. The summed E-state index contributed by atoms with van der Waals surface area (Å²) < 4.78 is 0. The van der Waals surface area contributed by atoms with Gasteiger partial charge in [0.1, 0.15) is 0 Å². The van der Waals surface area contributed by atoms with E-state index in [2.05, 4.69) is 193 Å². The van der Waals surface area contributed by atoms with E-state index in [0.717, 1.165) is 30.6 Å². The van der Waals surface area contributed by atoms with Crippen LogP contribution < -0.4 is 4.90 Å². The number of fused-ring (bicyclic) bond motifs is 7. The van der Waals surface area contributed by atoms with E-state index in [1.807, 2.05) is 0 Å². The molecule has 0 atom stereocenters. The van der Waals surface area contributed by atoms with E-state index >= 15 is 0 Å². The number of hydrogen-bond acceptors (Lipinski definition) is 1. The summed E-state index contributed by atoms with van der Waals surface area (Å²) in [7, 11) is 0. The van der Waals surface area contributed by atoms with Crippen molar-refractivity contribution in [1.29, 1.82) is 0 Å². The van der Waals surface area contributed by atoms with Crippen LogP contribution in [-0.2, 0) is 19.3 Å². The third kappa shape index (κ3) is 4.93. The molecule has 3 aliphatic carbocycles. The number of benzene rings is 8. The van der Waals surface area contributed by atoms with Crippen molar-refractivity contribution in [2.24, 2.45) is 0 Å². The SMILES string of the molecule is C1=C(c2ccccc2)Cc2c1cccc2-c1cccc2c1-c1cccc(-c3ccc(N(c4ccccc4)c4cccc5c4Cc4ccccc4-5)cc3)c1C2. The zero-order chi connectivity index (χ0) is 35.6. The molecule has 0 unspecified atom stereocenters. The lowest BCUT2D eigenvalue weighted by atomic mass is 9.89. The van der Waals surface area contributed by atoms with Crippen LogP contribution in [0.5, 0.6) is 0 Å². The monoisotopic (exact) mass is 687 g/mol. The van der Waals surface area contributed by atoms with E-state index in [1.54, 1.807) is 0 Å². The number of para-hydroxylation sites is 1. The summed E-state index contributed by atoms with van der Waals surface area (Å²) in [6, 6.07) is 67.2. The third-order valence-electron chi connectivity index (χ3n) is 11.8. The van der Waals surface area contributed by atoms with Crippen LogP contribution in [0.1, 0.15) is 38.9 Å². The van der Waals surface area contributed by atoms with E-state index in [9.17, 15) is 0 Å². The van der Waals surface area contributed by atoms with Gasteiger partial charge < -0.3 is 4.90 Å². The smallest absolute Gasteiger partial charge is 0.0503 e. The summed E-state index contributed by atoms with van der Waals surface area (Å²) in [6.45, 7) is 0. The van der Waals surface area contributed by atoms with Gasteiger partial charge in [-0.1, -0.05) is 158 Å². The topological polar surface area (TPSA) is 3.24 Å². The maximum Gasteiger partial charge on any atom is 0.0503 e. The molecule has 54 heavy (non-hydrogen) atoms. The minimum Gasteiger partial charge on any atom is -0.310 e. The summed E-state index contributed by atoms with van der Waals surface area (Å²) in [5.41, 5.74) is 25.4. The minimum absolute atomic E-state index is 0.936. The molecule has 0 aromatic heterocycles. The summed E-state index contributed by atoms with van der Waals surface area (Å²) in [5, 5.41) is 0. The molecular formula is C53H37N. The Balaban J connectivity index is 0.964. The van der Waals surface area contributed by atoms with Crippen molar-refractivity contribution in [2.45, 2.75) is 19.3 Å². The highest BCUT2D eigenvalue weighted by Gasteiger charge is 2.28. The molecule has 0 fully saturated rings. The van der Waals surface area contributed by atoms with Crippen LogP contribution in [0.2, 0.25) is 0 Å². The van der Waals surface area contributed by atoms with Crippen molar-refractivity contribution >= 4 is 28.7 Å². The van der Waals surface area contributed by atoms with Gasteiger partial charge in [0.2, 0.25) is 0 Å². The lowest BCUT2D eigenvalue weighted by molar-refractivity contribution is 1.20. The van der Waals surface area contributed by atoms with Crippen LogP contribution in [0, 0.1) is 0 Å². The number of allylic oxidation sites excluding steroid dienone is 1. The van der Waals surface area contributed by atoms with Gasteiger partial charge in [-0.15, -0.1) is 0 Å². The second kappa shape index (κ2) is 12.5. The summed E-state index contributed by atoms with van der Waals surface area (Å²) in [4.78, 5) is 2.43. The van der Waals surface area contributed by atoms with Gasteiger partial charge in [-0.2, -0.15) is 0 Å². The van der Waals surface area contributed by atoms with Crippen LogP contribution in [0.3, 0.4) is 0 Å². The van der Waals surface area contributed by atoms with Crippen molar-refractivity contribution in [3.05, 3.63) is 221 Å². The maximum atomic E-state index is 2.43. The molecule has 0 spiro atoms. The first-order valence-corrected chi connectivity index (χ1v) is 19.1. The van der Waals surface area contributed by atoms with Gasteiger partial charge in [0.25, 0.3) is 0 Å². The van der Waals surface area contributed by atoms with Gasteiger partial charge in [0, 0.05) is 17.8 Å². The lowest BCUT2D eigenvalue weighted by Gasteiger charge is -2.28. The number of rotatable bonds is 6. The van der Waals surface area contributed by atoms with Gasteiger partial charge in [-0.05, 0) is 132 Å². The van der Waals surface area contributed by atoms with Gasteiger partial charge in [-0.25, -0.2) is 0 Å². The molecule has 1 nitrogen and oxygen atoms in total. The van der Waals surface area contributed by atoms with Crippen molar-refractivity contribution in [3.63, 3.8) is 0 Å². The number of nitrogens with zero attached hydrogens (tertiary/aromatic N) is 1. The summed E-state index contributed by atoms with van der Waals surface area (Å²) in [5.74, 6) is 0. The van der Waals surface area contributed by atoms with Crippen molar-refractivity contribution in [2.75, 3.05) is 4.90 Å². The van der Waals surface area contributed by atoms with E-state index < -0.39 is 0 Å². The molecule has 0 heterocycles. The van der Waals surface area contributed by atoms with Crippen LogP contribution >= 0.6 is 0 Å². The molecule has 0 radical (unpaired) electrons. The van der Waals surface area contributed by atoms with Crippen LogP contribution in [-0.4, -0.2) is 0 Å². The Kier molecular flexibility index (Phi) is 7.13. The lowest BCUT2D eigenvalue weighted by Crippen LogP contribution is -2.12. The molecule has 0 amide bonds. The Labute approximate surface area is 317 Å². The summed E-state index contributed by atoms with van der Waals surface area (Å²) >= 11 is 0. The second-order valence-electron chi connectivity index (χ2n) is 14.8. The van der Waals surface area contributed by atoms with Crippen LogP contribution in [0.15, 0.2) is 182 Å². The third-order valence-corrected chi connectivity index (χ3v) is 11.8. The molecule has 0 aliphatic heterocycles. The molecule has 8 aromatic carbocycles. The average molecular weight is 688 g/mol. The number of hydrogen-bond donors (Lipinski definition) is 0. The molecular weight excluding hydrogens is 651 g/mol. The van der Waals surface area contributed by atoms with E-state index in [0.29, 0.717) is 0 Å². The maximum absolute atomic E-state index is 2.43. The van der Waals surface area contributed by atoms with Gasteiger partial charge in [0.15, 0.2) is 0 Å². The first-order valence-electron chi connectivity index (χ1n) is 19.1. The fraction of sp³-hybridized carbons (Fsp3) is 0.0566. The van der Waals surface area contributed by atoms with E-state index in [1.165, 1.54) is 94.7 Å². The summed E-state index contributed by atoms with van der Waals surface area (Å²) in [6.07, 6.45) is 5.22. The predicted molar refractivity (Wildman–Crippen MR) is 226 cm³/mol. The van der Waals surface area contributed by atoms with E-state index in [4.69, 9.17) is 0 Å². The predicted octanol–water partition coefficient (Wildman–Crippen LogP) is 13.7. The van der Waals surface area contributed by atoms with Crippen LogP contribution in [0.25, 0.3) is 56.2 Å². The quantitative estimate of drug-likeness (QED) is 0.168. The van der Waals surface area contributed by atoms with Crippen LogP contribution in [0.4, 0.5) is 17.1 Å².